The van der Waals surface area contributed by atoms with Gasteiger partial charge in [0.05, 0.1) is 11.0 Å². The molecule has 3 aromatic rings. The van der Waals surface area contributed by atoms with Crippen LogP contribution in [0.1, 0.15) is 25.8 Å². The summed E-state index contributed by atoms with van der Waals surface area (Å²) in [7, 11) is 0. The van der Waals surface area contributed by atoms with Crippen LogP contribution in [-0.4, -0.2) is 21.0 Å². The molecule has 0 spiro atoms. The van der Waals surface area contributed by atoms with Crippen LogP contribution in [0.2, 0.25) is 0 Å². The molecule has 1 atom stereocenters. The molecule has 0 aliphatic carbocycles. The van der Waals surface area contributed by atoms with Gasteiger partial charge in [0, 0.05) is 35.8 Å². The molecule has 2 N–H and O–H groups in total. The molecular formula is C21H20F3N5O3. The van der Waals surface area contributed by atoms with Crippen LogP contribution >= 0.6 is 0 Å². The third-order valence-corrected chi connectivity index (χ3v) is 4.44. The number of anilines is 4. The van der Waals surface area contributed by atoms with Crippen molar-refractivity contribution in [1.29, 1.82) is 0 Å². The number of alkyl halides is 3. The summed E-state index contributed by atoms with van der Waals surface area (Å²) in [6, 6.07) is 11.9. The minimum Gasteiger partial charge on any atom is -0.491 e. The van der Waals surface area contributed by atoms with Gasteiger partial charge in [-0.15, -0.1) is 0 Å². The van der Waals surface area contributed by atoms with E-state index in [1.807, 2.05) is 13.8 Å². The van der Waals surface area contributed by atoms with Gasteiger partial charge in [-0.3, -0.25) is 10.1 Å². The number of nitro benzene ring substituents is 1. The third kappa shape index (κ3) is 5.84. The average Bonchev–Trinajstić information content (AvgIpc) is 2.73. The highest BCUT2D eigenvalue weighted by atomic mass is 19.4. The van der Waals surface area contributed by atoms with Gasteiger partial charge in [-0.1, -0.05) is 13.0 Å². The van der Waals surface area contributed by atoms with E-state index in [0.29, 0.717) is 23.3 Å². The van der Waals surface area contributed by atoms with E-state index in [4.69, 9.17) is 4.74 Å². The highest BCUT2D eigenvalue weighted by Crippen LogP contribution is 2.36. The fourth-order valence-electron chi connectivity index (χ4n) is 2.64. The first-order chi connectivity index (χ1) is 15.2. The molecule has 8 nitrogen and oxygen atoms in total. The summed E-state index contributed by atoms with van der Waals surface area (Å²) in [6.07, 6.45) is -3.28. The normalized spacial score (nSPS) is 12.2. The lowest BCUT2D eigenvalue weighted by atomic mass is 10.2. The fraction of sp³-hybridized carbons (Fsp3) is 0.238. The molecule has 168 valence electrons. The maximum absolute atomic E-state index is 13.5. The molecule has 1 unspecified atom stereocenters. The van der Waals surface area contributed by atoms with Crippen molar-refractivity contribution in [3.8, 4) is 5.75 Å². The molecule has 2 aromatic carbocycles. The number of non-ortho nitro benzene ring substituents is 1. The third-order valence-electron chi connectivity index (χ3n) is 4.44. The van der Waals surface area contributed by atoms with Crippen LogP contribution in [0.4, 0.5) is 42.0 Å². The van der Waals surface area contributed by atoms with E-state index in [-0.39, 0.29) is 17.7 Å². The topological polar surface area (TPSA) is 102 Å². The lowest BCUT2D eigenvalue weighted by Crippen LogP contribution is -2.13. The molecule has 1 heterocycles. The molecule has 0 bridgehead atoms. The summed E-state index contributed by atoms with van der Waals surface area (Å²) in [6.45, 7) is 3.85. The van der Waals surface area contributed by atoms with Gasteiger partial charge in [-0.25, -0.2) is 4.98 Å². The minimum atomic E-state index is -4.68. The van der Waals surface area contributed by atoms with E-state index in [9.17, 15) is 23.3 Å². The molecule has 0 radical (unpaired) electrons. The number of halogens is 3. The Kier molecular flexibility index (Phi) is 6.76. The Hall–Kier alpha value is -3.89. The summed E-state index contributed by atoms with van der Waals surface area (Å²) >= 11 is 0. The highest BCUT2D eigenvalue weighted by molar-refractivity contribution is 5.64. The SMILES string of the molecule is CCC(C)Oc1cccc(Nc2nc(Nc3ccc([N+](=O)[O-])cc3)ncc2C(F)(F)F)c1. The summed E-state index contributed by atoms with van der Waals surface area (Å²) in [5.41, 5.74) is -0.424. The Balaban J connectivity index is 1.88. The zero-order valence-corrected chi connectivity index (χ0v) is 17.2. The number of hydrogen-bond donors (Lipinski definition) is 2. The Morgan fingerprint density at radius 3 is 2.47 bits per heavy atom. The molecule has 0 saturated carbocycles. The smallest absolute Gasteiger partial charge is 0.421 e. The molecular weight excluding hydrogens is 427 g/mol. The number of rotatable bonds is 8. The van der Waals surface area contributed by atoms with Crippen molar-refractivity contribution in [1.82, 2.24) is 9.97 Å². The summed E-state index contributed by atoms with van der Waals surface area (Å²) in [4.78, 5) is 17.9. The average molecular weight is 447 g/mol. The number of aromatic nitrogens is 2. The monoisotopic (exact) mass is 447 g/mol. The van der Waals surface area contributed by atoms with Gasteiger partial charge in [-0.05, 0) is 37.6 Å². The van der Waals surface area contributed by atoms with Crippen molar-refractivity contribution in [2.45, 2.75) is 32.5 Å². The van der Waals surface area contributed by atoms with Gasteiger partial charge in [0.25, 0.3) is 5.69 Å². The zero-order chi connectivity index (χ0) is 23.3. The van der Waals surface area contributed by atoms with Gasteiger partial charge in [-0.2, -0.15) is 18.2 Å². The van der Waals surface area contributed by atoms with Crippen LogP contribution in [0.5, 0.6) is 5.75 Å². The van der Waals surface area contributed by atoms with Gasteiger partial charge >= 0.3 is 6.18 Å². The van der Waals surface area contributed by atoms with Crippen molar-refractivity contribution in [3.05, 3.63) is 70.4 Å². The lowest BCUT2D eigenvalue weighted by molar-refractivity contribution is -0.384. The lowest BCUT2D eigenvalue weighted by Gasteiger charge is -2.16. The second-order valence-corrected chi connectivity index (χ2v) is 6.87. The maximum atomic E-state index is 13.5. The maximum Gasteiger partial charge on any atom is 0.421 e. The quantitative estimate of drug-likeness (QED) is 0.319. The second kappa shape index (κ2) is 9.50. The summed E-state index contributed by atoms with van der Waals surface area (Å²) in [5.74, 6) is -0.0462. The first-order valence-corrected chi connectivity index (χ1v) is 9.65. The van der Waals surface area contributed by atoms with Crippen molar-refractivity contribution in [2.24, 2.45) is 0 Å². The Morgan fingerprint density at radius 2 is 1.84 bits per heavy atom. The van der Waals surface area contributed by atoms with Crippen LogP contribution in [0.3, 0.4) is 0 Å². The predicted octanol–water partition coefficient (Wildman–Crippen LogP) is 6.07. The Bertz CT molecular complexity index is 1090. The number of nitrogens with one attached hydrogen (secondary N) is 2. The summed E-state index contributed by atoms with van der Waals surface area (Å²) < 4.78 is 46.2. The number of nitrogens with zero attached hydrogens (tertiary/aromatic N) is 3. The molecule has 3 rings (SSSR count). The molecule has 0 aliphatic heterocycles. The minimum absolute atomic E-state index is 0.0486. The van der Waals surface area contributed by atoms with Gasteiger partial charge < -0.3 is 15.4 Å². The van der Waals surface area contributed by atoms with Crippen molar-refractivity contribution in [2.75, 3.05) is 10.6 Å². The van der Waals surface area contributed by atoms with E-state index in [0.717, 1.165) is 6.42 Å². The largest absolute Gasteiger partial charge is 0.491 e. The van der Waals surface area contributed by atoms with Gasteiger partial charge in [0.2, 0.25) is 5.95 Å². The molecule has 0 fully saturated rings. The Labute approximate surface area is 181 Å². The molecule has 0 saturated heterocycles. The molecule has 11 heteroatoms. The van der Waals surface area contributed by atoms with Gasteiger partial charge in [0.15, 0.2) is 0 Å². The van der Waals surface area contributed by atoms with E-state index in [2.05, 4.69) is 20.6 Å². The van der Waals surface area contributed by atoms with Gasteiger partial charge in [0.1, 0.15) is 17.1 Å². The molecule has 0 aliphatic rings. The van der Waals surface area contributed by atoms with Crippen LogP contribution < -0.4 is 15.4 Å². The predicted molar refractivity (Wildman–Crippen MR) is 114 cm³/mol. The number of benzene rings is 2. The zero-order valence-electron chi connectivity index (χ0n) is 17.2. The number of nitro groups is 1. The van der Waals surface area contributed by atoms with Crippen LogP contribution in [0.15, 0.2) is 54.7 Å². The van der Waals surface area contributed by atoms with E-state index < -0.39 is 22.5 Å². The fourth-order valence-corrected chi connectivity index (χ4v) is 2.64. The van der Waals surface area contributed by atoms with Crippen LogP contribution in [0, 0.1) is 10.1 Å². The standard InChI is InChI=1S/C21H20F3N5O3/c1-3-13(2)32-17-6-4-5-15(11-17)26-19-18(21(22,23)24)12-25-20(28-19)27-14-7-9-16(10-8-14)29(30)31/h4-13H,3H2,1-2H3,(H2,25,26,27,28). The first kappa shape index (κ1) is 22.8. The molecule has 32 heavy (non-hydrogen) atoms. The van der Waals surface area contributed by atoms with E-state index in [1.165, 1.54) is 24.3 Å². The molecule has 1 aromatic heterocycles. The first-order valence-electron chi connectivity index (χ1n) is 9.65. The van der Waals surface area contributed by atoms with Crippen molar-refractivity contribution >= 4 is 28.8 Å². The number of ether oxygens (including phenoxy) is 1. The van der Waals surface area contributed by atoms with Crippen LogP contribution in [0.25, 0.3) is 0 Å². The number of hydrogen-bond acceptors (Lipinski definition) is 7. The summed E-state index contributed by atoms with van der Waals surface area (Å²) in [5, 5.41) is 16.2. The highest BCUT2D eigenvalue weighted by Gasteiger charge is 2.35. The van der Waals surface area contributed by atoms with E-state index in [1.54, 1.807) is 24.3 Å². The van der Waals surface area contributed by atoms with Crippen molar-refractivity contribution < 1.29 is 22.8 Å². The molecule has 0 amide bonds. The Morgan fingerprint density at radius 1 is 1.12 bits per heavy atom. The van der Waals surface area contributed by atoms with Crippen molar-refractivity contribution in [3.63, 3.8) is 0 Å². The second-order valence-electron chi connectivity index (χ2n) is 6.87. The van der Waals surface area contributed by atoms with Crippen LogP contribution in [-0.2, 0) is 6.18 Å². The van der Waals surface area contributed by atoms with E-state index >= 15 is 0 Å².